The lowest BCUT2D eigenvalue weighted by molar-refractivity contribution is -0.133. The summed E-state index contributed by atoms with van der Waals surface area (Å²) in [6, 6.07) is 2.19. The standard InChI is InChI=1S/C15H27N3O/c1-13(14(19)18-10-5-4-6-11-18)17-9-7-8-15(2,3)12-16/h13,17H,4-11H2,1-3H3. The molecule has 4 heteroatoms. The average molecular weight is 265 g/mol. The normalized spacial score (nSPS) is 17.9. The Morgan fingerprint density at radius 2 is 2.00 bits per heavy atom. The van der Waals surface area contributed by atoms with Gasteiger partial charge < -0.3 is 10.2 Å². The van der Waals surface area contributed by atoms with Crippen LogP contribution < -0.4 is 5.32 Å². The summed E-state index contributed by atoms with van der Waals surface area (Å²) < 4.78 is 0. The molecule has 1 atom stereocenters. The summed E-state index contributed by atoms with van der Waals surface area (Å²) in [6.07, 6.45) is 5.30. The molecule has 0 aromatic carbocycles. The maximum Gasteiger partial charge on any atom is 0.239 e. The number of hydrogen-bond donors (Lipinski definition) is 1. The summed E-state index contributed by atoms with van der Waals surface area (Å²) in [5.41, 5.74) is -0.262. The fraction of sp³-hybridized carbons (Fsp3) is 0.867. The van der Waals surface area contributed by atoms with Crippen LogP contribution in [0.5, 0.6) is 0 Å². The molecule has 4 nitrogen and oxygen atoms in total. The molecule has 1 aliphatic heterocycles. The Labute approximate surface area is 117 Å². The van der Waals surface area contributed by atoms with Gasteiger partial charge in [0.25, 0.3) is 0 Å². The van der Waals surface area contributed by atoms with E-state index in [1.807, 2.05) is 25.7 Å². The van der Waals surface area contributed by atoms with Gasteiger partial charge in [0, 0.05) is 13.1 Å². The molecule has 0 radical (unpaired) electrons. The van der Waals surface area contributed by atoms with E-state index in [-0.39, 0.29) is 17.4 Å². The number of rotatable bonds is 6. The number of amides is 1. The van der Waals surface area contributed by atoms with Gasteiger partial charge in [-0.25, -0.2) is 0 Å². The largest absolute Gasteiger partial charge is 0.341 e. The summed E-state index contributed by atoms with van der Waals surface area (Å²) in [5, 5.41) is 12.2. The summed E-state index contributed by atoms with van der Waals surface area (Å²) in [5.74, 6) is 0.222. The summed E-state index contributed by atoms with van der Waals surface area (Å²) in [7, 11) is 0. The summed E-state index contributed by atoms with van der Waals surface area (Å²) in [4.78, 5) is 14.1. The van der Waals surface area contributed by atoms with E-state index in [2.05, 4.69) is 11.4 Å². The lowest BCUT2D eigenvalue weighted by Gasteiger charge is -2.29. The second kappa shape index (κ2) is 7.49. The SMILES string of the molecule is CC(NCCCC(C)(C)C#N)C(=O)N1CCCCC1. The number of piperidine rings is 1. The number of carbonyl (C=O) groups is 1. The van der Waals surface area contributed by atoms with E-state index < -0.39 is 0 Å². The third-order valence-electron chi connectivity index (χ3n) is 3.77. The maximum atomic E-state index is 12.2. The van der Waals surface area contributed by atoms with Gasteiger partial charge in [0.2, 0.25) is 5.91 Å². The van der Waals surface area contributed by atoms with Crippen LogP contribution in [0.3, 0.4) is 0 Å². The van der Waals surface area contributed by atoms with Gasteiger partial charge in [-0.1, -0.05) is 0 Å². The molecule has 1 saturated heterocycles. The molecule has 19 heavy (non-hydrogen) atoms. The van der Waals surface area contributed by atoms with Crippen LogP contribution in [-0.2, 0) is 4.79 Å². The first kappa shape index (κ1) is 16.0. The zero-order valence-corrected chi connectivity index (χ0v) is 12.5. The topological polar surface area (TPSA) is 56.1 Å². The van der Waals surface area contributed by atoms with Crippen LogP contribution in [0.1, 0.15) is 52.9 Å². The summed E-state index contributed by atoms with van der Waals surface area (Å²) >= 11 is 0. The van der Waals surface area contributed by atoms with Crippen molar-refractivity contribution in [2.75, 3.05) is 19.6 Å². The Kier molecular flexibility index (Phi) is 6.30. The van der Waals surface area contributed by atoms with Crippen molar-refractivity contribution in [2.45, 2.75) is 58.9 Å². The van der Waals surface area contributed by atoms with E-state index in [0.717, 1.165) is 45.3 Å². The average Bonchev–Trinajstić information content (AvgIpc) is 2.43. The summed E-state index contributed by atoms with van der Waals surface area (Å²) in [6.45, 7) is 8.46. The highest BCUT2D eigenvalue weighted by Crippen LogP contribution is 2.20. The molecular weight excluding hydrogens is 238 g/mol. The van der Waals surface area contributed by atoms with Gasteiger partial charge in [-0.15, -0.1) is 0 Å². The van der Waals surface area contributed by atoms with Crippen molar-refractivity contribution in [2.24, 2.45) is 5.41 Å². The zero-order valence-electron chi connectivity index (χ0n) is 12.5. The van der Waals surface area contributed by atoms with Crippen molar-refractivity contribution in [3.63, 3.8) is 0 Å². The molecule has 1 heterocycles. The second-order valence-electron chi connectivity index (χ2n) is 6.16. The Balaban J connectivity index is 2.21. The first-order valence-electron chi connectivity index (χ1n) is 7.40. The molecule has 1 aliphatic rings. The minimum Gasteiger partial charge on any atom is -0.341 e. The van der Waals surface area contributed by atoms with Crippen molar-refractivity contribution in [3.05, 3.63) is 0 Å². The molecule has 1 N–H and O–H groups in total. The first-order valence-corrected chi connectivity index (χ1v) is 7.40. The molecular formula is C15H27N3O. The Morgan fingerprint density at radius 1 is 1.37 bits per heavy atom. The van der Waals surface area contributed by atoms with Crippen molar-refractivity contribution >= 4 is 5.91 Å². The monoisotopic (exact) mass is 265 g/mol. The van der Waals surface area contributed by atoms with Gasteiger partial charge in [0.05, 0.1) is 17.5 Å². The lowest BCUT2D eigenvalue weighted by Crippen LogP contribution is -2.47. The molecule has 1 fully saturated rings. The number of hydrogen-bond acceptors (Lipinski definition) is 3. The highest BCUT2D eigenvalue weighted by molar-refractivity contribution is 5.81. The molecule has 0 bridgehead atoms. The van der Waals surface area contributed by atoms with E-state index in [4.69, 9.17) is 5.26 Å². The molecule has 1 amide bonds. The van der Waals surface area contributed by atoms with Gasteiger partial charge in [0.1, 0.15) is 0 Å². The van der Waals surface area contributed by atoms with Crippen LogP contribution in [0.15, 0.2) is 0 Å². The molecule has 0 aromatic heterocycles. The maximum absolute atomic E-state index is 12.2. The fourth-order valence-electron chi connectivity index (χ4n) is 2.38. The molecule has 108 valence electrons. The Morgan fingerprint density at radius 3 is 2.58 bits per heavy atom. The minimum absolute atomic E-state index is 0.108. The van der Waals surface area contributed by atoms with Crippen LogP contribution in [0.25, 0.3) is 0 Å². The van der Waals surface area contributed by atoms with Gasteiger partial charge in [0.15, 0.2) is 0 Å². The van der Waals surface area contributed by atoms with E-state index >= 15 is 0 Å². The van der Waals surface area contributed by atoms with E-state index in [9.17, 15) is 4.79 Å². The Bertz CT molecular complexity index is 327. The number of likely N-dealkylation sites (tertiary alicyclic amines) is 1. The van der Waals surface area contributed by atoms with Crippen molar-refractivity contribution in [1.29, 1.82) is 5.26 Å². The van der Waals surface area contributed by atoms with Crippen molar-refractivity contribution < 1.29 is 4.79 Å². The smallest absolute Gasteiger partial charge is 0.239 e. The van der Waals surface area contributed by atoms with Crippen LogP contribution in [0.4, 0.5) is 0 Å². The first-order chi connectivity index (χ1) is 8.96. The van der Waals surface area contributed by atoms with E-state index in [1.165, 1.54) is 6.42 Å². The second-order valence-corrected chi connectivity index (χ2v) is 6.16. The van der Waals surface area contributed by atoms with Crippen LogP contribution in [0.2, 0.25) is 0 Å². The highest BCUT2D eigenvalue weighted by Gasteiger charge is 2.22. The van der Waals surface area contributed by atoms with Crippen LogP contribution in [0, 0.1) is 16.7 Å². The number of nitrogens with one attached hydrogen (secondary N) is 1. The number of carbonyl (C=O) groups excluding carboxylic acids is 1. The molecule has 0 spiro atoms. The zero-order chi connectivity index (χ0) is 14.3. The minimum atomic E-state index is -0.262. The van der Waals surface area contributed by atoms with E-state index in [0.29, 0.717) is 0 Å². The molecule has 0 aromatic rings. The van der Waals surface area contributed by atoms with Gasteiger partial charge in [-0.2, -0.15) is 5.26 Å². The van der Waals surface area contributed by atoms with Crippen LogP contribution >= 0.6 is 0 Å². The van der Waals surface area contributed by atoms with Gasteiger partial charge in [-0.3, -0.25) is 4.79 Å². The molecule has 0 aliphatic carbocycles. The number of nitrogens with zero attached hydrogens (tertiary/aromatic N) is 2. The predicted molar refractivity (Wildman–Crippen MR) is 76.5 cm³/mol. The van der Waals surface area contributed by atoms with Crippen molar-refractivity contribution in [3.8, 4) is 6.07 Å². The fourth-order valence-corrected chi connectivity index (χ4v) is 2.38. The quantitative estimate of drug-likeness (QED) is 0.750. The molecule has 1 rings (SSSR count). The third kappa shape index (κ3) is 5.61. The Hall–Kier alpha value is -1.08. The van der Waals surface area contributed by atoms with Gasteiger partial charge in [-0.05, 0) is 59.4 Å². The number of nitriles is 1. The predicted octanol–water partition coefficient (Wildman–Crippen LogP) is 2.31. The lowest BCUT2D eigenvalue weighted by atomic mass is 9.90. The van der Waals surface area contributed by atoms with Crippen molar-refractivity contribution in [1.82, 2.24) is 10.2 Å². The van der Waals surface area contributed by atoms with Crippen LogP contribution in [-0.4, -0.2) is 36.5 Å². The molecule has 0 saturated carbocycles. The van der Waals surface area contributed by atoms with E-state index in [1.54, 1.807) is 0 Å². The third-order valence-corrected chi connectivity index (χ3v) is 3.77. The molecule has 1 unspecified atom stereocenters. The van der Waals surface area contributed by atoms with Gasteiger partial charge >= 0.3 is 0 Å². The highest BCUT2D eigenvalue weighted by atomic mass is 16.2.